The van der Waals surface area contributed by atoms with E-state index in [1.165, 1.54) is 28.6 Å². The molecule has 9 heteroatoms. The Morgan fingerprint density at radius 3 is 1.97 bits per heavy atom. The van der Waals surface area contributed by atoms with Gasteiger partial charge in [0.1, 0.15) is 11.6 Å². The molecule has 0 aromatic heterocycles. The predicted octanol–water partition coefficient (Wildman–Crippen LogP) is 3.89. The van der Waals surface area contributed by atoms with Crippen molar-refractivity contribution in [3.8, 4) is 5.75 Å². The zero-order valence-corrected chi connectivity index (χ0v) is 18.4. The van der Waals surface area contributed by atoms with Gasteiger partial charge in [-0.3, -0.25) is 4.31 Å². The Morgan fingerprint density at radius 2 is 1.39 bits per heavy atom. The number of nitrogens with zero attached hydrogens (tertiary/aromatic N) is 1. The SMILES string of the molecule is CS(=O)(=O)c1ccc(OCCCN(c2ccccc2)S(=O)(=O)c2ccc(F)cc2)cc1. The Labute approximate surface area is 181 Å². The van der Waals surface area contributed by atoms with E-state index < -0.39 is 25.7 Å². The van der Waals surface area contributed by atoms with E-state index >= 15 is 0 Å². The van der Waals surface area contributed by atoms with E-state index in [2.05, 4.69) is 0 Å². The number of sulfone groups is 1. The van der Waals surface area contributed by atoms with E-state index in [0.717, 1.165) is 18.4 Å². The minimum atomic E-state index is -3.89. The van der Waals surface area contributed by atoms with Gasteiger partial charge in [0.2, 0.25) is 0 Å². The van der Waals surface area contributed by atoms with E-state index in [-0.39, 0.29) is 22.9 Å². The number of anilines is 1. The predicted molar refractivity (Wildman–Crippen MR) is 117 cm³/mol. The first kappa shape index (κ1) is 22.8. The molecule has 6 nitrogen and oxygen atoms in total. The van der Waals surface area contributed by atoms with Crippen LogP contribution in [0.2, 0.25) is 0 Å². The molecule has 0 aliphatic rings. The molecule has 0 heterocycles. The van der Waals surface area contributed by atoms with Crippen LogP contribution in [0.25, 0.3) is 0 Å². The summed E-state index contributed by atoms with van der Waals surface area (Å²) < 4.78 is 69.5. The van der Waals surface area contributed by atoms with Gasteiger partial charge in [-0.05, 0) is 60.7 Å². The molecular formula is C22H22FNO5S2. The number of hydrogen-bond donors (Lipinski definition) is 0. The van der Waals surface area contributed by atoms with Crippen LogP contribution in [0.4, 0.5) is 10.1 Å². The van der Waals surface area contributed by atoms with E-state index in [1.54, 1.807) is 42.5 Å². The first-order valence-corrected chi connectivity index (χ1v) is 12.8. The second-order valence-corrected chi connectivity index (χ2v) is 10.7. The third-order valence-electron chi connectivity index (χ3n) is 4.47. The monoisotopic (exact) mass is 463 g/mol. The van der Waals surface area contributed by atoms with Gasteiger partial charge in [0.15, 0.2) is 9.84 Å². The third kappa shape index (κ3) is 5.83. The van der Waals surface area contributed by atoms with Crippen molar-refractivity contribution < 1.29 is 26.0 Å². The number of ether oxygens (including phenoxy) is 1. The van der Waals surface area contributed by atoms with Gasteiger partial charge in [0.05, 0.1) is 22.1 Å². The average Bonchev–Trinajstić information content (AvgIpc) is 2.74. The Morgan fingerprint density at radius 1 is 0.806 bits per heavy atom. The van der Waals surface area contributed by atoms with Gasteiger partial charge >= 0.3 is 0 Å². The van der Waals surface area contributed by atoms with Crippen LogP contribution in [0.15, 0.2) is 88.7 Å². The molecule has 3 aromatic rings. The lowest BCUT2D eigenvalue weighted by Crippen LogP contribution is -2.32. The molecule has 0 amide bonds. The zero-order valence-electron chi connectivity index (χ0n) is 16.8. The van der Waals surface area contributed by atoms with Crippen LogP contribution >= 0.6 is 0 Å². The Hall–Kier alpha value is -2.91. The van der Waals surface area contributed by atoms with Crippen molar-refractivity contribution in [2.24, 2.45) is 0 Å². The fraction of sp³-hybridized carbons (Fsp3) is 0.182. The molecule has 0 aliphatic heterocycles. The van der Waals surface area contributed by atoms with Crippen molar-refractivity contribution in [1.82, 2.24) is 0 Å². The molecule has 0 saturated carbocycles. The number of sulfonamides is 1. The average molecular weight is 464 g/mol. The molecular weight excluding hydrogens is 441 g/mol. The highest BCUT2D eigenvalue weighted by Gasteiger charge is 2.24. The second kappa shape index (κ2) is 9.49. The molecule has 0 N–H and O–H groups in total. The highest BCUT2D eigenvalue weighted by atomic mass is 32.2. The molecule has 0 bridgehead atoms. The fourth-order valence-electron chi connectivity index (χ4n) is 2.90. The zero-order chi connectivity index (χ0) is 22.5. The standard InChI is InChI=1S/C22H22FNO5S2/c1-30(25,26)21-14-10-20(11-15-21)29-17-5-16-24(19-6-3-2-4-7-19)31(27,28)22-12-8-18(23)9-13-22/h2-4,6-15H,5,16-17H2,1H3. The van der Waals surface area contributed by atoms with Crippen LogP contribution in [0.5, 0.6) is 5.75 Å². The van der Waals surface area contributed by atoms with Crippen LogP contribution in [0.3, 0.4) is 0 Å². The van der Waals surface area contributed by atoms with Crippen LogP contribution in [0, 0.1) is 5.82 Å². The van der Waals surface area contributed by atoms with Gasteiger partial charge in [-0.2, -0.15) is 0 Å². The first-order chi connectivity index (χ1) is 14.7. The van der Waals surface area contributed by atoms with Crippen molar-refractivity contribution >= 4 is 25.5 Å². The first-order valence-electron chi connectivity index (χ1n) is 9.44. The quantitative estimate of drug-likeness (QED) is 0.450. The lowest BCUT2D eigenvalue weighted by Gasteiger charge is -2.24. The molecule has 3 rings (SSSR count). The van der Waals surface area contributed by atoms with E-state index in [1.807, 2.05) is 0 Å². The lowest BCUT2D eigenvalue weighted by molar-refractivity contribution is 0.313. The maximum absolute atomic E-state index is 13.2. The van der Waals surface area contributed by atoms with Crippen LogP contribution in [-0.4, -0.2) is 36.2 Å². The topological polar surface area (TPSA) is 80.8 Å². The normalized spacial score (nSPS) is 11.8. The fourth-order valence-corrected chi connectivity index (χ4v) is 5.03. The van der Waals surface area contributed by atoms with Crippen molar-refractivity contribution in [3.63, 3.8) is 0 Å². The summed E-state index contributed by atoms with van der Waals surface area (Å²) in [7, 11) is -7.18. The molecule has 0 fully saturated rings. The third-order valence-corrected chi connectivity index (χ3v) is 7.44. The molecule has 0 atom stereocenters. The van der Waals surface area contributed by atoms with Crippen molar-refractivity contribution in [2.75, 3.05) is 23.7 Å². The van der Waals surface area contributed by atoms with Gasteiger partial charge in [-0.1, -0.05) is 18.2 Å². The summed E-state index contributed by atoms with van der Waals surface area (Å²) in [4.78, 5) is 0.190. The van der Waals surface area contributed by atoms with Gasteiger partial charge in [-0.25, -0.2) is 21.2 Å². The molecule has 164 valence electrons. The summed E-state index contributed by atoms with van der Waals surface area (Å²) in [6.45, 7) is 0.367. The maximum atomic E-state index is 13.2. The van der Waals surface area contributed by atoms with Crippen molar-refractivity contribution in [2.45, 2.75) is 16.2 Å². The molecule has 0 aliphatic carbocycles. The summed E-state index contributed by atoms with van der Waals surface area (Å²) in [6, 6.07) is 19.4. The summed E-state index contributed by atoms with van der Waals surface area (Å²) in [5.74, 6) is -0.0273. The van der Waals surface area contributed by atoms with Gasteiger partial charge < -0.3 is 4.74 Å². The van der Waals surface area contributed by atoms with Crippen molar-refractivity contribution in [3.05, 3.63) is 84.7 Å². The van der Waals surface area contributed by atoms with Crippen LogP contribution in [-0.2, 0) is 19.9 Å². The van der Waals surface area contributed by atoms with Gasteiger partial charge in [0, 0.05) is 19.2 Å². The Bertz CT molecular complexity index is 1210. The summed E-state index contributed by atoms with van der Waals surface area (Å²) in [5.41, 5.74) is 0.490. The minimum Gasteiger partial charge on any atom is -0.494 e. The van der Waals surface area contributed by atoms with Crippen molar-refractivity contribution in [1.29, 1.82) is 0 Å². The van der Waals surface area contributed by atoms with E-state index in [0.29, 0.717) is 17.9 Å². The Kier molecular flexibility index (Phi) is 6.97. The molecule has 0 spiro atoms. The Balaban J connectivity index is 1.71. The maximum Gasteiger partial charge on any atom is 0.264 e. The minimum absolute atomic E-state index is 0.00460. The number of benzene rings is 3. The molecule has 0 saturated heterocycles. The van der Waals surface area contributed by atoms with Crippen LogP contribution < -0.4 is 9.04 Å². The smallest absolute Gasteiger partial charge is 0.264 e. The largest absolute Gasteiger partial charge is 0.494 e. The summed E-state index contributed by atoms with van der Waals surface area (Å²) >= 11 is 0. The van der Waals surface area contributed by atoms with E-state index in [4.69, 9.17) is 4.74 Å². The van der Waals surface area contributed by atoms with E-state index in [9.17, 15) is 21.2 Å². The van der Waals surface area contributed by atoms with Gasteiger partial charge in [0.25, 0.3) is 10.0 Å². The lowest BCUT2D eigenvalue weighted by atomic mass is 10.3. The highest BCUT2D eigenvalue weighted by Crippen LogP contribution is 2.24. The number of halogens is 1. The molecule has 0 unspecified atom stereocenters. The summed E-state index contributed by atoms with van der Waals surface area (Å²) in [5, 5.41) is 0. The molecule has 31 heavy (non-hydrogen) atoms. The molecule has 3 aromatic carbocycles. The van der Waals surface area contributed by atoms with Crippen LogP contribution in [0.1, 0.15) is 6.42 Å². The summed E-state index contributed by atoms with van der Waals surface area (Å²) in [6.07, 6.45) is 1.51. The van der Waals surface area contributed by atoms with Gasteiger partial charge in [-0.15, -0.1) is 0 Å². The number of hydrogen-bond acceptors (Lipinski definition) is 5. The number of para-hydroxylation sites is 1. The highest BCUT2D eigenvalue weighted by molar-refractivity contribution is 7.92. The molecule has 0 radical (unpaired) electrons. The number of rotatable bonds is 9. The second-order valence-electron chi connectivity index (χ2n) is 6.81.